The highest BCUT2D eigenvalue weighted by atomic mass is 32.2. The molecule has 0 aromatic heterocycles. The zero-order valence-electron chi connectivity index (χ0n) is 16.3. The Kier molecular flexibility index (Phi) is 5.47. The number of hydrogen-bond donors (Lipinski definition) is 1. The number of carbonyl (C=O) groups is 1. The first-order valence-corrected chi connectivity index (χ1v) is 11.2. The smallest absolute Gasteiger partial charge is 0.255 e. The van der Waals surface area contributed by atoms with Crippen LogP contribution in [0.3, 0.4) is 0 Å². The van der Waals surface area contributed by atoms with E-state index >= 15 is 0 Å². The second-order valence-electron chi connectivity index (χ2n) is 7.36. The quantitative estimate of drug-likeness (QED) is 0.805. The summed E-state index contributed by atoms with van der Waals surface area (Å²) in [6.07, 6.45) is 4.99. The van der Waals surface area contributed by atoms with Crippen molar-refractivity contribution < 1.29 is 22.7 Å². The second kappa shape index (κ2) is 8.04. The first-order chi connectivity index (χ1) is 13.9. The molecule has 1 aliphatic heterocycles. The molecule has 154 valence electrons. The molecule has 7 nitrogen and oxygen atoms in total. The van der Waals surface area contributed by atoms with Gasteiger partial charge in [-0.2, -0.15) is 4.31 Å². The van der Waals surface area contributed by atoms with Gasteiger partial charge in [0.1, 0.15) is 0 Å². The maximum atomic E-state index is 13.1. The summed E-state index contributed by atoms with van der Waals surface area (Å²) in [5.41, 5.74) is 0.826. The highest BCUT2D eigenvalue weighted by Gasteiger charge is 2.29. The first-order valence-electron chi connectivity index (χ1n) is 9.74. The van der Waals surface area contributed by atoms with E-state index in [9.17, 15) is 13.2 Å². The van der Waals surface area contributed by atoms with Crippen molar-refractivity contribution in [3.8, 4) is 11.5 Å². The molecule has 2 aromatic rings. The Hall–Kier alpha value is -2.58. The van der Waals surface area contributed by atoms with Crippen LogP contribution in [0.5, 0.6) is 11.5 Å². The number of fused-ring (bicyclic) bond motifs is 1. The molecule has 2 aliphatic rings. The molecule has 2 aromatic carbocycles. The average Bonchev–Trinajstić information content (AvgIpc) is 3.22. The predicted octanol–water partition coefficient (Wildman–Crippen LogP) is 3.62. The number of rotatable bonds is 5. The molecule has 0 bridgehead atoms. The molecule has 1 aliphatic carbocycles. The summed E-state index contributed by atoms with van der Waals surface area (Å²) in [4.78, 5) is 12.8. The maximum Gasteiger partial charge on any atom is 0.255 e. The largest absolute Gasteiger partial charge is 0.454 e. The van der Waals surface area contributed by atoms with Gasteiger partial charge in [-0.1, -0.05) is 25.3 Å². The molecule has 0 atom stereocenters. The molecule has 1 saturated carbocycles. The highest BCUT2D eigenvalue weighted by Crippen LogP contribution is 2.34. The third kappa shape index (κ3) is 4.09. The fourth-order valence-electron chi connectivity index (χ4n) is 3.78. The van der Waals surface area contributed by atoms with Gasteiger partial charge >= 0.3 is 0 Å². The Labute approximate surface area is 170 Å². The van der Waals surface area contributed by atoms with Crippen molar-refractivity contribution in [2.24, 2.45) is 0 Å². The number of sulfonamides is 1. The molecule has 8 heteroatoms. The Bertz CT molecular complexity index is 1020. The molecule has 0 saturated heterocycles. The highest BCUT2D eigenvalue weighted by molar-refractivity contribution is 7.89. The fraction of sp³-hybridized carbons (Fsp3) is 0.381. The molecule has 4 rings (SSSR count). The van der Waals surface area contributed by atoms with Crippen LogP contribution < -0.4 is 14.8 Å². The van der Waals surface area contributed by atoms with Gasteiger partial charge in [-0.15, -0.1) is 0 Å². The fourth-order valence-corrected chi connectivity index (χ4v) is 5.24. The number of ether oxygens (including phenoxy) is 2. The zero-order chi connectivity index (χ0) is 20.4. The zero-order valence-corrected chi connectivity index (χ0v) is 17.1. The molecule has 0 unspecified atom stereocenters. The van der Waals surface area contributed by atoms with Crippen molar-refractivity contribution in [2.45, 2.75) is 43.0 Å². The van der Waals surface area contributed by atoms with Gasteiger partial charge in [-0.05, 0) is 43.2 Å². The number of benzene rings is 2. The Morgan fingerprint density at radius 1 is 1.03 bits per heavy atom. The van der Waals surface area contributed by atoms with E-state index in [2.05, 4.69) is 5.32 Å². The monoisotopic (exact) mass is 416 g/mol. The van der Waals surface area contributed by atoms with Crippen LogP contribution in [-0.4, -0.2) is 38.5 Å². The third-order valence-electron chi connectivity index (χ3n) is 5.49. The summed E-state index contributed by atoms with van der Waals surface area (Å²) in [6, 6.07) is 11.3. The lowest BCUT2D eigenvalue weighted by Crippen LogP contribution is -2.38. The van der Waals surface area contributed by atoms with E-state index in [4.69, 9.17) is 9.47 Å². The van der Waals surface area contributed by atoms with E-state index in [0.717, 1.165) is 32.1 Å². The average molecular weight is 416 g/mol. The number of anilines is 1. The summed E-state index contributed by atoms with van der Waals surface area (Å²) >= 11 is 0. The van der Waals surface area contributed by atoms with Gasteiger partial charge in [0.05, 0.1) is 4.90 Å². The standard InChI is InChI=1S/C21H24N2O5S/c1-23(17-7-3-2-4-8-17)29(25,26)18-9-5-6-15(12-18)21(24)22-16-10-11-19-20(13-16)28-14-27-19/h5-6,9-13,17H,2-4,7-8,14H2,1H3,(H,22,24). The van der Waals surface area contributed by atoms with Crippen LogP contribution in [0.4, 0.5) is 5.69 Å². The van der Waals surface area contributed by atoms with Crippen LogP contribution in [0, 0.1) is 0 Å². The molecule has 29 heavy (non-hydrogen) atoms. The Balaban J connectivity index is 1.52. The molecule has 1 amide bonds. The van der Waals surface area contributed by atoms with E-state index in [-0.39, 0.29) is 29.2 Å². The van der Waals surface area contributed by atoms with Crippen molar-refractivity contribution in [3.63, 3.8) is 0 Å². The van der Waals surface area contributed by atoms with Crippen molar-refractivity contribution in [3.05, 3.63) is 48.0 Å². The number of amides is 1. The SMILES string of the molecule is CN(C1CCCCC1)S(=O)(=O)c1cccc(C(=O)Nc2ccc3c(c2)OCO3)c1. The van der Waals surface area contributed by atoms with Gasteiger partial charge < -0.3 is 14.8 Å². The van der Waals surface area contributed by atoms with Gasteiger partial charge in [0, 0.05) is 30.4 Å². The molecule has 0 spiro atoms. The van der Waals surface area contributed by atoms with E-state index in [1.54, 1.807) is 37.4 Å². The van der Waals surface area contributed by atoms with Crippen LogP contribution in [0.2, 0.25) is 0 Å². The molecular formula is C21H24N2O5S. The summed E-state index contributed by atoms with van der Waals surface area (Å²) in [5.74, 6) is 0.802. The third-order valence-corrected chi connectivity index (χ3v) is 7.40. The van der Waals surface area contributed by atoms with Crippen molar-refractivity contribution >= 4 is 21.6 Å². The van der Waals surface area contributed by atoms with E-state index in [1.165, 1.54) is 16.4 Å². The lowest BCUT2D eigenvalue weighted by molar-refractivity contribution is 0.102. The topological polar surface area (TPSA) is 84.9 Å². The molecule has 1 N–H and O–H groups in total. The number of carbonyl (C=O) groups excluding carboxylic acids is 1. The molecule has 0 radical (unpaired) electrons. The first kappa shape index (κ1) is 19.7. The minimum Gasteiger partial charge on any atom is -0.454 e. The van der Waals surface area contributed by atoms with E-state index in [1.807, 2.05) is 0 Å². The predicted molar refractivity (Wildman–Crippen MR) is 109 cm³/mol. The van der Waals surface area contributed by atoms with Crippen molar-refractivity contribution in [1.29, 1.82) is 0 Å². The minimum absolute atomic E-state index is 0.0138. The van der Waals surface area contributed by atoms with Crippen LogP contribution in [0.15, 0.2) is 47.4 Å². The van der Waals surface area contributed by atoms with E-state index < -0.39 is 10.0 Å². The van der Waals surface area contributed by atoms with Gasteiger partial charge in [0.2, 0.25) is 16.8 Å². The molecular weight excluding hydrogens is 392 g/mol. The number of hydrogen-bond acceptors (Lipinski definition) is 5. The summed E-state index contributed by atoms with van der Waals surface area (Å²) in [6.45, 7) is 0.154. The number of nitrogens with zero attached hydrogens (tertiary/aromatic N) is 1. The Morgan fingerprint density at radius 2 is 1.79 bits per heavy atom. The summed E-state index contributed by atoms with van der Waals surface area (Å²) in [7, 11) is -2.03. The normalized spacial score (nSPS) is 16.8. The summed E-state index contributed by atoms with van der Waals surface area (Å²) < 4.78 is 38.1. The molecule has 1 fully saturated rings. The van der Waals surface area contributed by atoms with Crippen molar-refractivity contribution in [1.82, 2.24) is 4.31 Å². The molecule has 1 heterocycles. The second-order valence-corrected chi connectivity index (χ2v) is 9.36. The van der Waals surface area contributed by atoms with Gasteiger partial charge in [0.15, 0.2) is 11.5 Å². The summed E-state index contributed by atoms with van der Waals surface area (Å²) in [5, 5.41) is 2.78. The van der Waals surface area contributed by atoms with Gasteiger partial charge in [-0.3, -0.25) is 4.79 Å². The van der Waals surface area contributed by atoms with Crippen LogP contribution in [0.25, 0.3) is 0 Å². The van der Waals surface area contributed by atoms with Crippen LogP contribution in [-0.2, 0) is 10.0 Å². The van der Waals surface area contributed by atoms with Gasteiger partial charge in [-0.25, -0.2) is 8.42 Å². The minimum atomic E-state index is -3.66. The van der Waals surface area contributed by atoms with Gasteiger partial charge in [0.25, 0.3) is 5.91 Å². The van der Waals surface area contributed by atoms with Crippen LogP contribution in [0.1, 0.15) is 42.5 Å². The number of nitrogens with one attached hydrogen (secondary N) is 1. The lowest BCUT2D eigenvalue weighted by atomic mass is 9.96. The van der Waals surface area contributed by atoms with Crippen molar-refractivity contribution in [2.75, 3.05) is 19.2 Å². The maximum absolute atomic E-state index is 13.1. The Morgan fingerprint density at radius 3 is 2.59 bits per heavy atom. The lowest BCUT2D eigenvalue weighted by Gasteiger charge is -2.30. The van der Waals surface area contributed by atoms with E-state index in [0.29, 0.717) is 17.2 Å². The van der Waals surface area contributed by atoms with Crippen LogP contribution >= 0.6 is 0 Å².